The monoisotopic (exact) mass is 444 g/mol. The third-order valence-corrected chi connectivity index (χ3v) is 4.97. The van der Waals surface area contributed by atoms with E-state index in [1.54, 1.807) is 24.3 Å². The van der Waals surface area contributed by atoms with E-state index in [4.69, 9.17) is 23.7 Å². The molecule has 0 fully saturated rings. The Hall–Kier alpha value is -2.57. The summed E-state index contributed by atoms with van der Waals surface area (Å²) < 4.78 is 28.5. The normalized spacial score (nSPS) is 11.8. The number of hydrogen-bond acceptors (Lipinski definition) is 6. The Kier molecular flexibility index (Phi) is 11.0. The van der Waals surface area contributed by atoms with Crippen LogP contribution in [0.1, 0.15) is 50.8 Å². The minimum Gasteiger partial charge on any atom is -0.490 e. The van der Waals surface area contributed by atoms with Gasteiger partial charge in [0.2, 0.25) is 0 Å². The maximum absolute atomic E-state index is 11.9. The molecular weight excluding hydrogens is 408 g/mol. The number of benzene rings is 2. The summed E-state index contributed by atoms with van der Waals surface area (Å²) in [5, 5.41) is 0. The first kappa shape index (κ1) is 25.7. The van der Waals surface area contributed by atoms with Gasteiger partial charge in [-0.3, -0.25) is 4.79 Å². The number of rotatable bonds is 14. The van der Waals surface area contributed by atoms with Gasteiger partial charge in [-0.2, -0.15) is 0 Å². The average Bonchev–Trinajstić information content (AvgIpc) is 2.80. The summed E-state index contributed by atoms with van der Waals surface area (Å²) >= 11 is 0. The van der Waals surface area contributed by atoms with Gasteiger partial charge in [-0.1, -0.05) is 31.5 Å². The van der Waals surface area contributed by atoms with Crippen LogP contribution in [0, 0.1) is 12.8 Å². The predicted octanol–water partition coefficient (Wildman–Crippen LogP) is 5.48. The Morgan fingerprint density at radius 1 is 0.844 bits per heavy atom. The quantitative estimate of drug-likeness (QED) is 0.218. The van der Waals surface area contributed by atoms with Crippen LogP contribution in [-0.2, 0) is 27.5 Å². The highest BCUT2D eigenvalue weighted by Crippen LogP contribution is 2.28. The Morgan fingerprint density at radius 3 is 1.91 bits per heavy atom. The fraction of sp³-hybridized carbons (Fsp3) is 0.500. The van der Waals surface area contributed by atoms with Gasteiger partial charge in [0.25, 0.3) is 0 Å². The summed E-state index contributed by atoms with van der Waals surface area (Å²) in [4.78, 5) is 11.9. The maximum atomic E-state index is 11.9. The molecule has 0 aliphatic rings. The Morgan fingerprint density at radius 2 is 1.38 bits per heavy atom. The molecule has 0 saturated heterocycles. The first-order valence-corrected chi connectivity index (χ1v) is 11.3. The first-order valence-electron chi connectivity index (χ1n) is 11.3. The van der Waals surface area contributed by atoms with E-state index < -0.39 is 0 Å². The van der Waals surface area contributed by atoms with Crippen LogP contribution >= 0.6 is 0 Å². The van der Waals surface area contributed by atoms with Gasteiger partial charge < -0.3 is 23.7 Å². The predicted molar refractivity (Wildman–Crippen MR) is 124 cm³/mol. The van der Waals surface area contributed by atoms with Crippen molar-refractivity contribution in [2.45, 2.75) is 54.3 Å². The molecule has 1 unspecified atom stereocenters. The van der Waals surface area contributed by atoms with E-state index in [-0.39, 0.29) is 11.9 Å². The number of ether oxygens (including phenoxy) is 5. The average molecular weight is 445 g/mol. The molecule has 0 aliphatic carbocycles. The van der Waals surface area contributed by atoms with Gasteiger partial charge in [0.15, 0.2) is 0 Å². The lowest BCUT2D eigenvalue weighted by Gasteiger charge is -2.18. The molecule has 1 atom stereocenters. The van der Waals surface area contributed by atoms with Gasteiger partial charge in [-0.15, -0.1) is 0 Å². The van der Waals surface area contributed by atoms with Gasteiger partial charge in [0, 0.05) is 24.3 Å². The van der Waals surface area contributed by atoms with Crippen molar-refractivity contribution in [3.63, 3.8) is 0 Å². The van der Waals surface area contributed by atoms with E-state index in [2.05, 4.69) is 19.1 Å². The van der Waals surface area contributed by atoms with Gasteiger partial charge in [-0.25, -0.2) is 0 Å². The van der Waals surface area contributed by atoms with Gasteiger partial charge in [-0.05, 0) is 51.5 Å². The van der Waals surface area contributed by atoms with Crippen molar-refractivity contribution >= 4 is 5.97 Å². The molecule has 2 aromatic carbocycles. The summed E-state index contributed by atoms with van der Waals surface area (Å²) in [6.45, 7) is 12.8. The van der Waals surface area contributed by atoms with Crippen molar-refractivity contribution < 1.29 is 28.5 Å². The number of aryl methyl sites for hydroxylation is 1. The van der Waals surface area contributed by atoms with Crippen molar-refractivity contribution in [3.8, 4) is 17.2 Å². The van der Waals surface area contributed by atoms with Crippen molar-refractivity contribution in [1.82, 2.24) is 0 Å². The van der Waals surface area contributed by atoms with Crippen molar-refractivity contribution in [3.05, 3.63) is 53.1 Å². The number of carbonyl (C=O) groups excluding carboxylic acids is 1. The minimum atomic E-state index is -0.224. The smallest absolute Gasteiger partial charge is 0.314 e. The highest BCUT2D eigenvalue weighted by molar-refractivity contribution is 5.74. The van der Waals surface area contributed by atoms with Crippen molar-refractivity contribution in [1.29, 1.82) is 0 Å². The SMILES string of the molecule is CCOCc1cc(C)cc(COCC)c1OCCOc1ccc(OC(=O)C(C)CC)cc1. The van der Waals surface area contributed by atoms with Crippen LogP contribution in [0.5, 0.6) is 17.2 Å². The highest BCUT2D eigenvalue weighted by atomic mass is 16.5. The third-order valence-electron chi connectivity index (χ3n) is 4.97. The van der Waals surface area contributed by atoms with Gasteiger partial charge >= 0.3 is 5.97 Å². The van der Waals surface area contributed by atoms with E-state index in [0.29, 0.717) is 51.1 Å². The lowest BCUT2D eigenvalue weighted by molar-refractivity contribution is -0.138. The van der Waals surface area contributed by atoms with Gasteiger partial charge in [0.05, 0.1) is 19.1 Å². The molecule has 0 saturated carbocycles. The molecule has 176 valence electrons. The first-order chi connectivity index (χ1) is 15.5. The van der Waals surface area contributed by atoms with Crippen molar-refractivity contribution in [2.75, 3.05) is 26.4 Å². The molecule has 6 nitrogen and oxygen atoms in total. The molecule has 2 aromatic rings. The molecule has 6 heteroatoms. The molecule has 0 radical (unpaired) electrons. The molecule has 0 N–H and O–H groups in total. The second kappa shape index (κ2) is 13.8. The minimum absolute atomic E-state index is 0.120. The summed E-state index contributed by atoms with van der Waals surface area (Å²) in [6, 6.07) is 11.2. The van der Waals surface area contributed by atoms with Crippen LogP contribution in [-0.4, -0.2) is 32.4 Å². The number of esters is 1. The molecule has 2 rings (SSSR count). The molecule has 0 amide bonds. The Balaban J connectivity index is 1.94. The fourth-order valence-corrected chi connectivity index (χ4v) is 3.04. The van der Waals surface area contributed by atoms with E-state index in [1.807, 2.05) is 27.7 Å². The van der Waals surface area contributed by atoms with Crippen LogP contribution in [0.25, 0.3) is 0 Å². The summed E-state index contributed by atoms with van der Waals surface area (Å²) in [5.74, 6) is 1.65. The standard InChI is InChI=1S/C26H36O6/c1-6-20(5)26(27)32-24-11-9-23(10-12-24)30-13-14-31-25-21(17-28-7-2)15-19(4)16-22(25)18-29-8-3/h9-12,15-16,20H,6-8,13-14,17-18H2,1-5H3. The van der Waals surface area contributed by atoms with Crippen LogP contribution < -0.4 is 14.2 Å². The van der Waals surface area contributed by atoms with Crippen LogP contribution in [0.15, 0.2) is 36.4 Å². The molecule has 0 spiro atoms. The Bertz CT molecular complexity index is 802. The summed E-state index contributed by atoms with van der Waals surface area (Å²) in [7, 11) is 0. The molecule has 0 aromatic heterocycles. The zero-order valence-electron chi connectivity index (χ0n) is 19.9. The lowest BCUT2D eigenvalue weighted by Crippen LogP contribution is -2.16. The summed E-state index contributed by atoms with van der Waals surface area (Å²) in [5.41, 5.74) is 3.16. The van der Waals surface area contributed by atoms with Crippen molar-refractivity contribution in [2.24, 2.45) is 5.92 Å². The molecule has 0 aliphatic heterocycles. The van der Waals surface area contributed by atoms with Gasteiger partial charge in [0.1, 0.15) is 30.5 Å². The highest BCUT2D eigenvalue weighted by Gasteiger charge is 2.14. The second-order valence-corrected chi connectivity index (χ2v) is 7.59. The van der Waals surface area contributed by atoms with Crippen LogP contribution in [0.4, 0.5) is 0 Å². The van der Waals surface area contributed by atoms with E-state index in [1.165, 1.54) is 0 Å². The zero-order valence-corrected chi connectivity index (χ0v) is 19.9. The third kappa shape index (κ3) is 8.17. The second-order valence-electron chi connectivity index (χ2n) is 7.59. The fourth-order valence-electron chi connectivity index (χ4n) is 3.04. The number of carbonyl (C=O) groups is 1. The van der Waals surface area contributed by atoms with E-state index >= 15 is 0 Å². The summed E-state index contributed by atoms with van der Waals surface area (Å²) in [6.07, 6.45) is 0.750. The topological polar surface area (TPSA) is 63.2 Å². The van der Waals surface area contributed by atoms with E-state index in [0.717, 1.165) is 28.9 Å². The van der Waals surface area contributed by atoms with Crippen LogP contribution in [0.3, 0.4) is 0 Å². The molecule has 0 bridgehead atoms. The molecular formula is C26H36O6. The largest absolute Gasteiger partial charge is 0.490 e. The van der Waals surface area contributed by atoms with Crippen LogP contribution in [0.2, 0.25) is 0 Å². The maximum Gasteiger partial charge on any atom is 0.314 e. The Labute approximate surface area is 191 Å². The molecule has 0 heterocycles. The van der Waals surface area contributed by atoms with E-state index in [9.17, 15) is 4.79 Å². The number of hydrogen-bond donors (Lipinski definition) is 0. The zero-order chi connectivity index (χ0) is 23.3. The molecule has 32 heavy (non-hydrogen) atoms. The lowest BCUT2D eigenvalue weighted by atomic mass is 10.1.